The second-order valence-electron chi connectivity index (χ2n) is 7.10. The number of ether oxygens (including phenoxy) is 1. The SMILES string of the molecule is COc1ccccc1/C(C)=C/C(=O)NCCCN1CCCC1C(=O)N(C)C. The van der Waals surface area contributed by atoms with Gasteiger partial charge in [-0.25, -0.2) is 0 Å². The zero-order valence-electron chi connectivity index (χ0n) is 16.8. The Kier molecular flexibility index (Phi) is 7.85. The summed E-state index contributed by atoms with van der Waals surface area (Å²) in [5.41, 5.74) is 1.78. The molecule has 1 heterocycles. The van der Waals surface area contributed by atoms with Gasteiger partial charge in [0.05, 0.1) is 13.2 Å². The summed E-state index contributed by atoms with van der Waals surface area (Å²) in [7, 11) is 5.23. The quantitative estimate of drug-likeness (QED) is 0.560. The molecule has 1 aliphatic heterocycles. The van der Waals surface area contributed by atoms with Crippen LogP contribution >= 0.6 is 0 Å². The number of benzene rings is 1. The van der Waals surface area contributed by atoms with Gasteiger partial charge in [-0.2, -0.15) is 0 Å². The third-order valence-corrected chi connectivity index (χ3v) is 4.89. The number of nitrogens with zero attached hydrogens (tertiary/aromatic N) is 2. The molecule has 0 spiro atoms. The summed E-state index contributed by atoms with van der Waals surface area (Å²) in [5, 5.41) is 2.93. The maximum absolute atomic E-state index is 12.2. The number of hydrogen-bond donors (Lipinski definition) is 1. The highest BCUT2D eigenvalue weighted by molar-refractivity contribution is 5.95. The third-order valence-electron chi connectivity index (χ3n) is 4.89. The summed E-state index contributed by atoms with van der Waals surface area (Å²) in [4.78, 5) is 28.3. The number of para-hydroxylation sites is 1. The molecule has 1 unspecified atom stereocenters. The van der Waals surface area contributed by atoms with E-state index in [4.69, 9.17) is 4.74 Å². The molecule has 1 aromatic rings. The Labute approximate surface area is 162 Å². The van der Waals surface area contributed by atoms with Crippen LogP contribution in [-0.2, 0) is 9.59 Å². The van der Waals surface area contributed by atoms with Gasteiger partial charge in [0.2, 0.25) is 11.8 Å². The second-order valence-corrected chi connectivity index (χ2v) is 7.10. The first-order valence-corrected chi connectivity index (χ1v) is 9.48. The standard InChI is InChI=1S/C21H31N3O3/c1-16(17-9-5-6-11-19(17)27-4)15-20(25)22-12-8-14-24-13-7-10-18(24)21(26)23(2)3/h5-6,9,11,15,18H,7-8,10,12-14H2,1-4H3,(H,22,25)/b16-15+. The maximum atomic E-state index is 12.2. The normalized spacial score (nSPS) is 17.6. The number of likely N-dealkylation sites (N-methyl/N-ethyl adjacent to an activating group) is 1. The lowest BCUT2D eigenvalue weighted by atomic mass is 10.1. The van der Waals surface area contributed by atoms with Gasteiger partial charge in [0.25, 0.3) is 0 Å². The molecule has 1 saturated heterocycles. The van der Waals surface area contributed by atoms with Crippen LogP contribution < -0.4 is 10.1 Å². The van der Waals surface area contributed by atoms with Crippen molar-refractivity contribution in [2.24, 2.45) is 0 Å². The first kappa shape index (κ1) is 21.0. The minimum atomic E-state index is -0.110. The van der Waals surface area contributed by atoms with Crippen molar-refractivity contribution in [1.29, 1.82) is 0 Å². The average Bonchev–Trinajstić information content (AvgIpc) is 3.12. The Hall–Kier alpha value is -2.34. The molecule has 0 radical (unpaired) electrons. The van der Waals surface area contributed by atoms with Crippen molar-refractivity contribution in [2.75, 3.05) is 40.8 Å². The lowest BCUT2D eigenvalue weighted by Crippen LogP contribution is -2.43. The Morgan fingerprint density at radius 2 is 2.07 bits per heavy atom. The van der Waals surface area contributed by atoms with E-state index in [1.165, 1.54) is 0 Å². The van der Waals surface area contributed by atoms with Crippen LogP contribution in [0.15, 0.2) is 30.3 Å². The molecule has 27 heavy (non-hydrogen) atoms. The van der Waals surface area contributed by atoms with E-state index < -0.39 is 0 Å². The Morgan fingerprint density at radius 3 is 2.78 bits per heavy atom. The lowest BCUT2D eigenvalue weighted by molar-refractivity contribution is -0.133. The fourth-order valence-electron chi connectivity index (χ4n) is 3.46. The number of carbonyl (C=O) groups excluding carboxylic acids is 2. The van der Waals surface area contributed by atoms with E-state index in [0.717, 1.165) is 49.2 Å². The van der Waals surface area contributed by atoms with Gasteiger partial charge in [-0.1, -0.05) is 18.2 Å². The minimum absolute atomic E-state index is 0.0108. The lowest BCUT2D eigenvalue weighted by Gasteiger charge is -2.25. The van der Waals surface area contributed by atoms with E-state index >= 15 is 0 Å². The van der Waals surface area contributed by atoms with E-state index in [0.29, 0.717) is 6.54 Å². The molecule has 1 fully saturated rings. The number of nitrogens with one attached hydrogen (secondary N) is 1. The average molecular weight is 373 g/mol. The van der Waals surface area contributed by atoms with Crippen LogP contribution in [-0.4, -0.2) is 68.5 Å². The van der Waals surface area contributed by atoms with Gasteiger partial charge in [-0.05, 0) is 44.4 Å². The van der Waals surface area contributed by atoms with Gasteiger partial charge in [0.15, 0.2) is 0 Å². The van der Waals surface area contributed by atoms with Crippen molar-refractivity contribution in [3.63, 3.8) is 0 Å². The van der Waals surface area contributed by atoms with Crippen molar-refractivity contribution in [3.8, 4) is 5.75 Å². The van der Waals surface area contributed by atoms with Gasteiger partial charge in [-0.3, -0.25) is 14.5 Å². The van der Waals surface area contributed by atoms with Crippen LogP contribution in [0.2, 0.25) is 0 Å². The van der Waals surface area contributed by atoms with Crippen molar-refractivity contribution in [2.45, 2.75) is 32.2 Å². The molecule has 1 atom stereocenters. The summed E-state index contributed by atoms with van der Waals surface area (Å²) in [6.45, 7) is 4.26. The van der Waals surface area contributed by atoms with Crippen molar-refractivity contribution >= 4 is 17.4 Å². The number of amides is 2. The molecule has 1 N–H and O–H groups in total. The highest BCUT2D eigenvalue weighted by atomic mass is 16.5. The molecule has 148 valence electrons. The number of likely N-dealkylation sites (tertiary alicyclic amines) is 1. The molecule has 0 aliphatic carbocycles. The van der Waals surface area contributed by atoms with E-state index in [1.807, 2.05) is 31.2 Å². The smallest absolute Gasteiger partial charge is 0.244 e. The van der Waals surface area contributed by atoms with E-state index in [-0.39, 0.29) is 17.9 Å². The van der Waals surface area contributed by atoms with Crippen LogP contribution in [0.3, 0.4) is 0 Å². The summed E-state index contributed by atoms with van der Waals surface area (Å²) in [6.07, 6.45) is 4.40. The summed E-state index contributed by atoms with van der Waals surface area (Å²) >= 11 is 0. The van der Waals surface area contributed by atoms with Gasteiger partial charge in [0, 0.05) is 38.8 Å². The largest absolute Gasteiger partial charge is 0.496 e. The van der Waals surface area contributed by atoms with Crippen molar-refractivity contribution < 1.29 is 14.3 Å². The summed E-state index contributed by atoms with van der Waals surface area (Å²) < 4.78 is 5.34. The molecule has 0 aromatic heterocycles. The van der Waals surface area contributed by atoms with E-state index in [2.05, 4.69) is 10.2 Å². The van der Waals surface area contributed by atoms with E-state index in [1.54, 1.807) is 32.2 Å². The molecular weight excluding hydrogens is 342 g/mol. The molecule has 1 aromatic carbocycles. The van der Waals surface area contributed by atoms with Crippen molar-refractivity contribution in [1.82, 2.24) is 15.1 Å². The first-order valence-electron chi connectivity index (χ1n) is 9.48. The van der Waals surface area contributed by atoms with E-state index in [9.17, 15) is 9.59 Å². The third kappa shape index (κ3) is 5.82. The van der Waals surface area contributed by atoms with Crippen LogP contribution in [0.4, 0.5) is 0 Å². The molecule has 1 aliphatic rings. The van der Waals surface area contributed by atoms with Crippen LogP contribution in [0.25, 0.3) is 5.57 Å². The van der Waals surface area contributed by atoms with Crippen molar-refractivity contribution in [3.05, 3.63) is 35.9 Å². The fourth-order valence-corrected chi connectivity index (χ4v) is 3.46. The highest BCUT2D eigenvalue weighted by Crippen LogP contribution is 2.25. The molecule has 0 saturated carbocycles. The number of rotatable bonds is 8. The van der Waals surface area contributed by atoms with Gasteiger partial charge in [-0.15, -0.1) is 0 Å². The van der Waals surface area contributed by atoms with Crippen LogP contribution in [0, 0.1) is 0 Å². The van der Waals surface area contributed by atoms with Gasteiger partial charge in [0.1, 0.15) is 5.75 Å². The predicted molar refractivity (Wildman–Crippen MR) is 108 cm³/mol. The zero-order chi connectivity index (χ0) is 19.8. The Morgan fingerprint density at radius 1 is 1.33 bits per heavy atom. The number of hydrogen-bond acceptors (Lipinski definition) is 4. The monoisotopic (exact) mass is 373 g/mol. The minimum Gasteiger partial charge on any atom is -0.496 e. The number of methoxy groups -OCH3 is 1. The number of allylic oxidation sites excluding steroid dienone is 1. The maximum Gasteiger partial charge on any atom is 0.244 e. The van der Waals surface area contributed by atoms with Crippen LogP contribution in [0.5, 0.6) is 5.75 Å². The topological polar surface area (TPSA) is 61.9 Å². The van der Waals surface area contributed by atoms with Gasteiger partial charge < -0.3 is 15.0 Å². The molecule has 2 rings (SSSR count). The fraction of sp³-hybridized carbons (Fsp3) is 0.524. The summed E-state index contributed by atoms with van der Waals surface area (Å²) in [6, 6.07) is 7.64. The highest BCUT2D eigenvalue weighted by Gasteiger charge is 2.30. The van der Waals surface area contributed by atoms with Crippen LogP contribution in [0.1, 0.15) is 31.7 Å². The van der Waals surface area contributed by atoms with Gasteiger partial charge >= 0.3 is 0 Å². The first-order chi connectivity index (χ1) is 12.9. The molecule has 6 heteroatoms. The Balaban J connectivity index is 1.80. The second kappa shape index (κ2) is 10.1. The Bertz CT molecular complexity index is 685. The molecular formula is C21H31N3O3. The molecule has 6 nitrogen and oxygen atoms in total. The number of carbonyl (C=O) groups is 2. The zero-order valence-corrected chi connectivity index (χ0v) is 16.8. The summed E-state index contributed by atoms with van der Waals surface area (Å²) in [5.74, 6) is 0.817. The predicted octanol–water partition coefficient (Wildman–Crippen LogP) is 2.16. The molecule has 2 amide bonds. The molecule has 0 bridgehead atoms.